The summed E-state index contributed by atoms with van der Waals surface area (Å²) in [6, 6.07) is 9.51. The molecule has 2 aromatic rings. The van der Waals surface area contributed by atoms with E-state index < -0.39 is 0 Å². The number of ether oxygens (including phenoxy) is 1. The third kappa shape index (κ3) is 4.21. The monoisotopic (exact) mass is 341 g/mol. The molecule has 1 amide bonds. The number of H-pyrrole nitrogens is 1. The van der Waals surface area contributed by atoms with Crippen LogP contribution in [0.2, 0.25) is 0 Å². The predicted octanol–water partition coefficient (Wildman–Crippen LogP) is 3.74. The van der Waals surface area contributed by atoms with Crippen molar-refractivity contribution in [3.63, 3.8) is 0 Å². The second-order valence-electron chi connectivity index (χ2n) is 5.65. The van der Waals surface area contributed by atoms with Gasteiger partial charge in [-0.05, 0) is 36.6 Å². The summed E-state index contributed by atoms with van der Waals surface area (Å²) < 4.78 is 6.20. The first-order valence-electron chi connectivity index (χ1n) is 7.51. The summed E-state index contributed by atoms with van der Waals surface area (Å²) in [4.78, 5) is 16.1. The molecular weight excluding hydrogens is 322 g/mol. The van der Waals surface area contributed by atoms with E-state index in [2.05, 4.69) is 11.1 Å². The summed E-state index contributed by atoms with van der Waals surface area (Å²) in [6.07, 6.45) is 2.80. The van der Waals surface area contributed by atoms with Crippen LogP contribution in [0.5, 0.6) is 11.5 Å². The minimum atomic E-state index is 0.102. The van der Waals surface area contributed by atoms with Gasteiger partial charge in [0.15, 0.2) is 0 Å². The van der Waals surface area contributed by atoms with Crippen molar-refractivity contribution < 1.29 is 9.53 Å². The maximum atomic E-state index is 11.7. The zero-order chi connectivity index (χ0) is 17.7. The lowest BCUT2D eigenvalue weighted by Crippen LogP contribution is -2.21. The number of aromatic nitrogens is 1. The number of nitriles is 1. The summed E-state index contributed by atoms with van der Waals surface area (Å²) in [6.45, 7) is 1.93. The number of aryl methyl sites for hydroxylation is 2. The first-order valence-corrected chi connectivity index (χ1v) is 7.92. The van der Waals surface area contributed by atoms with Gasteiger partial charge in [-0.25, -0.2) is 0 Å². The molecule has 0 aliphatic carbocycles. The van der Waals surface area contributed by atoms with Crippen LogP contribution in [0, 0.1) is 22.9 Å². The van der Waals surface area contributed by atoms with Crippen molar-refractivity contribution in [2.45, 2.75) is 19.8 Å². The minimum absolute atomic E-state index is 0.102. The molecule has 0 aliphatic rings. The molecule has 1 N–H and O–H groups in total. The Balaban J connectivity index is 2.17. The highest BCUT2D eigenvalue weighted by molar-refractivity contribution is 7.71. The molecule has 5 nitrogen and oxygen atoms in total. The molecule has 2 rings (SSSR count). The fourth-order valence-corrected chi connectivity index (χ4v) is 2.44. The number of pyridine rings is 1. The van der Waals surface area contributed by atoms with Gasteiger partial charge in [0.05, 0.1) is 0 Å². The SMILES string of the molecule is Cc1cc(CCC(=O)N(C)C)ccc1Oc1cc[nH]c(=S)c1C#N. The number of benzene rings is 1. The van der Waals surface area contributed by atoms with Crippen LogP contribution in [-0.4, -0.2) is 29.9 Å². The molecule has 1 aromatic carbocycles. The molecule has 1 aromatic heterocycles. The number of rotatable bonds is 5. The maximum absolute atomic E-state index is 11.7. The molecule has 0 spiro atoms. The number of hydrogen-bond acceptors (Lipinski definition) is 4. The summed E-state index contributed by atoms with van der Waals surface area (Å²) >= 11 is 5.09. The molecule has 0 atom stereocenters. The van der Waals surface area contributed by atoms with Gasteiger partial charge in [0, 0.05) is 26.7 Å². The largest absolute Gasteiger partial charge is 0.456 e. The lowest BCUT2D eigenvalue weighted by Gasteiger charge is -2.12. The van der Waals surface area contributed by atoms with Crippen LogP contribution in [0.4, 0.5) is 0 Å². The fraction of sp³-hybridized carbons (Fsp3) is 0.278. The number of hydrogen-bond donors (Lipinski definition) is 1. The van der Waals surface area contributed by atoms with Crippen LogP contribution < -0.4 is 4.74 Å². The summed E-state index contributed by atoms with van der Waals surface area (Å²) in [5.41, 5.74) is 2.32. The van der Waals surface area contributed by atoms with Gasteiger partial charge in [0.2, 0.25) is 5.91 Å². The topological polar surface area (TPSA) is 69.1 Å². The second kappa shape index (κ2) is 7.75. The zero-order valence-electron chi connectivity index (χ0n) is 13.9. The molecule has 0 saturated heterocycles. The van der Waals surface area contributed by atoms with Crippen LogP contribution in [0.25, 0.3) is 0 Å². The van der Waals surface area contributed by atoms with Gasteiger partial charge in [-0.1, -0.05) is 24.4 Å². The van der Waals surface area contributed by atoms with E-state index in [1.807, 2.05) is 25.1 Å². The first kappa shape index (κ1) is 17.7. The summed E-state index contributed by atoms with van der Waals surface area (Å²) in [5, 5.41) is 9.20. The number of aromatic amines is 1. The zero-order valence-corrected chi connectivity index (χ0v) is 14.7. The van der Waals surface area contributed by atoms with Gasteiger partial charge in [0.25, 0.3) is 0 Å². The third-order valence-electron chi connectivity index (χ3n) is 3.62. The van der Waals surface area contributed by atoms with Gasteiger partial charge >= 0.3 is 0 Å². The molecule has 124 valence electrons. The number of nitrogens with zero attached hydrogens (tertiary/aromatic N) is 2. The molecule has 0 bridgehead atoms. The number of amides is 1. The average Bonchev–Trinajstić information content (AvgIpc) is 2.55. The quantitative estimate of drug-likeness (QED) is 0.841. The van der Waals surface area contributed by atoms with Gasteiger partial charge in [-0.2, -0.15) is 5.26 Å². The second-order valence-corrected chi connectivity index (χ2v) is 6.06. The van der Waals surface area contributed by atoms with Crippen molar-refractivity contribution in [2.24, 2.45) is 0 Å². The van der Waals surface area contributed by atoms with E-state index in [1.165, 1.54) is 0 Å². The summed E-state index contributed by atoms with van der Waals surface area (Å²) in [7, 11) is 3.50. The van der Waals surface area contributed by atoms with E-state index >= 15 is 0 Å². The Morgan fingerprint density at radius 3 is 2.71 bits per heavy atom. The molecule has 0 unspecified atom stereocenters. The lowest BCUT2D eigenvalue weighted by atomic mass is 10.1. The van der Waals surface area contributed by atoms with Gasteiger partial charge in [-0.15, -0.1) is 0 Å². The molecule has 6 heteroatoms. The molecule has 0 fully saturated rings. The molecule has 0 saturated carbocycles. The first-order chi connectivity index (χ1) is 11.4. The molecule has 1 heterocycles. The van der Waals surface area contributed by atoms with Crippen LogP contribution in [0.3, 0.4) is 0 Å². The average molecular weight is 341 g/mol. The number of carbonyl (C=O) groups is 1. The van der Waals surface area contributed by atoms with Crippen molar-refractivity contribution in [3.05, 3.63) is 51.8 Å². The van der Waals surface area contributed by atoms with Crippen LogP contribution >= 0.6 is 12.2 Å². The van der Waals surface area contributed by atoms with Gasteiger partial charge < -0.3 is 14.6 Å². The van der Waals surface area contributed by atoms with Crippen molar-refractivity contribution in [3.8, 4) is 17.6 Å². The van der Waals surface area contributed by atoms with Crippen molar-refractivity contribution >= 4 is 18.1 Å². The highest BCUT2D eigenvalue weighted by Crippen LogP contribution is 2.28. The molecule has 24 heavy (non-hydrogen) atoms. The normalized spacial score (nSPS) is 10.1. The lowest BCUT2D eigenvalue weighted by molar-refractivity contribution is -0.128. The Labute approximate surface area is 146 Å². The van der Waals surface area contributed by atoms with E-state index in [9.17, 15) is 10.1 Å². The van der Waals surface area contributed by atoms with Crippen molar-refractivity contribution in [1.29, 1.82) is 5.26 Å². The fourth-order valence-electron chi connectivity index (χ4n) is 2.23. The third-order valence-corrected chi connectivity index (χ3v) is 3.94. The minimum Gasteiger partial charge on any atom is -0.456 e. The smallest absolute Gasteiger partial charge is 0.222 e. The Bertz CT molecular complexity index is 850. The number of nitrogens with one attached hydrogen (secondary N) is 1. The highest BCUT2D eigenvalue weighted by atomic mass is 32.1. The van der Waals surface area contributed by atoms with Crippen LogP contribution in [0.15, 0.2) is 30.5 Å². The Kier molecular flexibility index (Phi) is 5.72. The Morgan fingerprint density at radius 2 is 2.08 bits per heavy atom. The summed E-state index contributed by atoms with van der Waals surface area (Å²) in [5.74, 6) is 1.19. The van der Waals surface area contributed by atoms with Crippen molar-refractivity contribution in [2.75, 3.05) is 14.1 Å². The van der Waals surface area contributed by atoms with Gasteiger partial charge in [-0.3, -0.25) is 4.79 Å². The molecule has 0 radical (unpaired) electrons. The maximum Gasteiger partial charge on any atom is 0.222 e. The predicted molar refractivity (Wildman–Crippen MR) is 94.6 cm³/mol. The molecule has 0 aliphatic heterocycles. The van der Waals surface area contributed by atoms with E-state index in [-0.39, 0.29) is 5.91 Å². The van der Waals surface area contributed by atoms with E-state index in [1.54, 1.807) is 31.3 Å². The number of carbonyl (C=O) groups excluding carboxylic acids is 1. The van der Waals surface area contributed by atoms with E-state index in [0.717, 1.165) is 11.1 Å². The van der Waals surface area contributed by atoms with Crippen LogP contribution in [0.1, 0.15) is 23.1 Å². The van der Waals surface area contributed by atoms with E-state index in [0.29, 0.717) is 34.5 Å². The van der Waals surface area contributed by atoms with Crippen LogP contribution in [-0.2, 0) is 11.2 Å². The Hall–Kier alpha value is -2.65. The van der Waals surface area contributed by atoms with Gasteiger partial charge in [0.1, 0.15) is 27.8 Å². The van der Waals surface area contributed by atoms with E-state index in [4.69, 9.17) is 17.0 Å². The highest BCUT2D eigenvalue weighted by Gasteiger charge is 2.10. The Morgan fingerprint density at radius 1 is 1.33 bits per heavy atom. The molecular formula is C18H19N3O2S. The standard InChI is InChI=1S/C18H19N3O2S/c1-12-10-13(5-7-17(22)21(2)3)4-6-15(12)23-16-8-9-20-18(24)14(16)11-19/h4,6,8-10H,5,7H2,1-3H3,(H,20,24). The van der Waals surface area contributed by atoms with Crippen molar-refractivity contribution in [1.82, 2.24) is 9.88 Å².